The van der Waals surface area contributed by atoms with E-state index < -0.39 is 4.92 Å². The van der Waals surface area contributed by atoms with Crippen LogP contribution in [-0.2, 0) is 6.42 Å². The van der Waals surface area contributed by atoms with E-state index in [1.54, 1.807) is 0 Å². The summed E-state index contributed by atoms with van der Waals surface area (Å²) >= 11 is 3.58. The highest BCUT2D eigenvalue weighted by Crippen LogP contribution is 2.35. The molecule has 1 amide bonds. The van der Waals surface area contributed by atoms with Crippen molar-refractivity contribution in [2.75, 3.05) is 0 Å². The van der Waals surface area contributed by atoms with E-state index in [4.69, 9.17) is 0 Å². The zero-order chi connectivity index (χ0) is 15.0. The highest BCUT2D eigenvalue weighted by atomic mass is 79.9. The SMILES string of the molecule is O=C(NC1c2ccccc2CC1Br)c1cc([N+](=O)[O-])c[nH]1. The van der Waals surface area contributed by atoms with Gasteiger partial charge in [-0.3, -0.25) is 14.9 Å². The number of nitrogens with zero attached hydrogens (tertiary/aromatic N) is 1. The monoisotopic (exact) mass is 349 g/mol. The van der Waals surface area contributed by atoms with Crippen molar-refractivity contribution < 1.29 is 9.72 Å². The average Bonchev–Trinajstić information content (AvgIpc) is 3.05. The molecule has 1 aromatic heterocycles. The number of aromatic nitrogens is 1. The number of amides is 1. The number of hydrogen-bond acceptors (Lipinski definition) is 3. The second-order valence-electron chi connectivity index (χ2n) is 4.90. The predicted octanol–water partition coefficient (Wildman–Crippen LogP) is 2.71. The van der Waals surface area contributed by atoms with E-state index in [0.29, 0.717) is 0 Å². The van der Waals surface area contributed by atoms with Crippen LogP contribution in [0.4, 0.5) is 5.69 Å². The van der Waals surface area contributed by atoms with Gasteiger partial charge in [-0.2, -0.15) is 0 Å². The van der Waals surface area contributed by atoms with Gasteiger partial charge in [-0.25, -0.2) is 0 Å². The van der Waals surface area contributed by atoms with Gasteiger partial charge in [0, 0.05) is 10.9 Å². The molecule has 0 aliphatic heterocycles. The van der Waals surface area contributed by atoms with E-state index in [2.05, 4.69) is 26.2 Å². The number of benzene rings is 1. The Morgan fingerprint density at radius 1 is 1.43 bits per heavy atom. The molecule has 0 bridgehead atoms. The first kappa shape index (κ1) is 13.8. The number of aromatic amines is 1. The molecule has 0 spiro atoms. The fraction of sp³-hybridized carbons (Fsp3) is 0.214. The molecule has 21 heavy (non-hydrogen) atoms. The standard InChI is InChI=1S/C14H12BrN3O3/c15-11-5-8-3-1-2-4-10(8)13(11)17-14(19)12-6-9(7-16-12)18(20)21/h1-4,6-7,11,13,16H,5H2,(H,17,19). The van der Waals surface area contributed by atoms with Gasteiger partial charge < -0.3 is 10.3 Å². The molecule has 0 fully saturated rings. The Morgan fingerprint density at radius 2 is 2.19 bits per heavy atom. The molecule has 1 aromatic carbocycles. The Labute approximate surface area is 128 Å². The lowest BCUT2D eigenvalue weighted by Gasteiger charge is -2.17. The number of carbonyl (C=O) groups is 1. The Balaban J connectivity index is 1.80. The lowest BCUT2D eigenvalue weighted by Crippen LogP contribution is -2.31. The highest BCUT2D eigenvalue weighted by Gasteiger charge is 2.32. The van der Waals surface area contributed by atoms with Crippen molar-refractivity contribution in [1.29, 1.82) is 0 Å². The van der Waals surface area contributed by atoms with Gasteiger partial charge in [-0.1, -0.05) is 40.2 Å². The number of hydrogen-bond donors (Lipinski definition) is 2. The number of fused-ring (bicyclic) bond motifs is 1. The molecule has 1 aliphatic rings. The molecule has 1 aliphatic carbocycles. The topological polar surface area (TPSA) is 88.0 Å². The Kier molecular flexibility index (Phi) is 3.50. The Bertz CT molecular complexity index is 713. The van der Waals surface area contributed by atoms with E-state index in [0.717, 1.165) is 12.0 Å². The van der Waals surface area contributed by atoms with Gasteiger partial charge in [0.25, 0.3) is 11.6 Å². The summed E-state index contributed by atoms with van der Waals surface area (Å²) in [6.45, 7) is 0. The molecule has 0 saturated heterocycles. The summed E-state index contributed by atoms with van der Waals surface area (Å²) < 4.78 is 0. The van der Waals surface area contributed by atoms with Gasteiger partial charge in [-0.15, -0.1) is 0 Å². The molecule has 2 unspecified atom stereocenters. The summed E-state index contributed by atoms with van der Waals surface area (Å²) in [7, 11) is 0. The Hall–Kier alpha value is -2.15. The number of alkyl halides is 1. The number of halogens is 1. The normalized spacial score (nSPS) is 20.0. The van der Waals surface area contributed by atoms with Gasteiger partial charge in [0.2, 0.25) is 0 Å². The summed E-state index contributed by atoms with van der Waals surface area (Å²) in [5, 5.41) is 13.6. The van der Waals surface area contributed by atoms with Crippen molar-refractivity contribution in [3.05, 3.63) is 63.5 Å². The van der Waals surface area contributed by atoms with Gasteiger partial charge in [0.15, 0.2) is 0 Å². The third kappa shape index (κ3) is 2.56. The second-order valence-corrected chi connectivity index (χ2v) is 6.07. The number of nitro groups is 1. The lowest BCUT2D eigenvalue weighted by atomic mass is 10.1. The van der Waals surface area contributed by atoms with Crippen LogP contribution in [0.1, 0.15) is 27.7 Å². The maximum atomic E-state index is 12.2. The van der Waals surface area contributed by atoms with E-state index in [1.807, 2.05) is 24.3 Å². The van der Waals surface area contributed by atoms with E-state index in [9.17, 15) is 14.9 Å². The first-order valence-corrected chi connectivity index (χ1v) is 7.33. The molecular formula is C14H12BrN3O3. The minimum Gasteiger partial charge on any atom is -0.351 e. The zero-order valence-electron chi connectivity index (χ0n) is 10.9. The maximum Gasteiger partial charge on any atom is 0.287 e. The zero-order valence-corrected chi connectivity index (χ0v) is 12.5. The van der Waals surface area contributed by atoms with Crippen molar-refractivity contribution >= 4 is 27.5 Å². The number of carbonyl (C=O) groups excluding carboxylic acids is 1. The summed E-state index contributed by atoms with van der Waals surface area (Å²) in [5.41, 5.74) is 2.34. The summed E-state index contributed by atoms with van der Waals surface area (Å²) in [4.78, 5) is 25.1. The molecule has 0 radical (unpaired) electrons. The fourth-order valence-corrected chi connectivity index (χ4v) is 3.32. The summed E-state index contributed by atoms with van der Waals surface area (Å²) in [5.74, 6) is -0.353. The van der Waals surface area contributed by atoms with E-state index >= 15 is 0 Å². The quantitative estimate of drug-likeness (QED) is 0.507. The highest BCUT2D eigenvalue weighted by molar-refractivity contribution is 9.09. The third-order valence-electron chi connectivity index (χ3n) is 3.58. The van der Waals surface area contributed by atoms with Gasteiger partial charge in [0.05, 0.1) is 17.2 Å². The first-order chi connectivity index (χ1) is 10.1. The average molecular weight is 350 g/mol. The van der Waals surface area contributed by atoms with Gasteiger partial charge >= 0.3 is 0 Å². The number of H-pyrrole nitrogens is 1. The minimum atomic E-state index is -0.536. The van der Waals surface area contributed by atoms with E-state index in [-0.39, 0.29) is 28.2 Å². The van der Waals surface area contributed by atoms with Crippen LogP contribution >= 0.6 is 15.9 Å². The van der Waals surface area contributed by atoms with Gasteiger partial charge in [-0.05, 0) is 17.5 Å². The molecule has 7 heteroatoms. The molecule has 2 atom stereocenters. The van der Waals surface area contributed by atoms with Crippen LogP contribution in [-0.4, -0.2) is 20.6 Å². The van der Waals surface area contributed by atoms with Crippen LogP contribution in [0.5, 0.6) is 0 Å². The smallest absolute Gasteiger partial charge is 0.287 e. The van der Waals surface area contributed by atoms with Crippen molar-refractivity contribution in [3.8, 4) is 0 Å². The van der Waals surface area contributed by atoms with Crippen LogP contribution in [0.25, 0.3) is 0 Å². The first-order valence-electron chi connectivity index (χ1n) is 6.42. The number of nitrogens with one attached hydrogen (secondary N) is 2. The van der Waals surface area contributed by atoms with Crippen LogP contribution in [0, 0.1) is 10.1 Å². The van der Waals surface area contributed by atoms with Crippen LogP contribution in [0.15, 0.2) is 36.5 Å². The predicted molar refractivity (Wildman–Crippen MR) is 80.5 cm³/mol. The summed E-state index contributed by atoms with van der Waals surface area (Å²) in [6, 6.07) is 9.02. The molecule has 1 heterocycles. The van der Waals surface area contributed by atoms with Crippen molar-refractivity contribution in [3.63, 3.8) is 0 Å². The fourth-order valence-electron chi connectivity index (χ4n) is 2.55. The van der Waals surface area contributed by atoms with Crippen molar-refractivity contribution in [2.24, 2.45) is 0 Å². The third-order valence-corrected chi connectivity index (χ3v) is 4.43. The van der Waals surface area contributed by atoms with Crippen LogP contribution < -0.4 is 5.32 Å². The minimum absolute atomic E-state index is 0.115. The molecular weight excluding hydrogens is 338 g/mol. The van der Waals surface area contributed by atoms with Crippen molar-refractivity contribution in [2.45, 2.75) is 17.3 Å². The van der Waals surface area contributed by atoms with Gasteiger partial charge in [0.1, 0.15) is 5.69 Å². The van der Waals surface area contributed by atoms with Crippen LogP contribution in [0.3, 0.4) is 0 Å². The molecule has 2 aromatic rings. The second kappa shape index (κ2) is 5.33. The van der Waals surface area contributed by atoms with E-state index in [1.165, 1.54) is 17.8 Å². The molecule has 6 nitrogen and oxygen atoms in total. The number of rotatable bonds is 3. The molecule has 108 valence electrons. The molecule has 3 rings (SSSR count). The molecule has 0 saturated carbocycles. The largest absolute Gasteiger partial charge is 0.351 e. The van der Waals surface area contributed by atoms with Crippen molar-refractivity contribution in [1.82, 2.24) is 10.3 Å². The lowest BCUT2D eigenvalue weighted by molar-refractivity contribution is -0.384. The summed E-state index contributed by atoms with van der Waals surface area (Å²) in [6.07, 6.45) is 2.05. The maximum absolute atomic E-state index is 12.2. The Morgan fingerprint density at radius 3 is 2.90 bits per heavy atom. The molecule has 2 N–H and O–H groups in total. The van der Waals surface area contributed by atoms with Crippen LogP contribution in [0.2, 0.25) is 0 Å².